The van der Waals surface area contributed by atoms with Crippen LogP contribution < -0.4 is 9.47 Å². The van der Waals surface area contributed by atoms with Gasteiger partial charge in [-0.15, -0.1) is 0 Å². The van der Waals surface area contributed by atoms with Crippen LogP contribution in [0.5, 0.6) is 23.0 Å². The van der Waals surface area contributed by atoms with Gasteiger partial charge in [-0.25, -0.2) is 0 Å². The van der Waals surface area contributed by atoms with Crippen molar-refractivity contribution in [2.75, 3.05) is 0 Å². The molecule has 0 aromatic heterocycles. The van der Waals surface area contributed by atoms with E-state index in [2.05, 4.69) is 97.1 Å². The van der Waals surface area contributed by atoms with E-state index >= 15 is 0 Å². The maximum absolute atomic E-state index is 6.90. The number of rotatable bonds is 2. The van der Waals surface area contributed by atoms with E-state index in [1.807, 2.05) is 48.5 Å². The van der Waals surface area contributed by atoms with Crippen molar-refractivity contribution in [1.29, 1.82) is 0 Å². The summed E-state index contributed by atoms with van der Waals surface area (Å²) in [6.45, 7) is 0. The molecule has 0 fully saturated rings. The van der Waals surface area contributed by atoms with Crippen molar-refractivity contribution >= 4 is 0 Å². The number of hydrogen-bond acceptors (Lipinski definition) is 2. The lowest BCUT2D eigenvalue weighted by Crippen LogP contribution is -1.98. The first-order valence-corrected chi connectivity index (χ1v) is 12.8. The fraction of sp³-hybridized carbons (Fsp3) is 0. The molecule has 0 spiro atoms. The van der Waals surface area contributed by atoms with Gasteiger partial charge in [0, 0.05) is 22.3 Å². The summed E-state index contributed by atoms with van der Waals surface area (Å²) >= 11 is 0. The average molecular weight is 489 g/mol. The Hall–Kier alpha value is -5.08. The minimum absolute atomic E-state index is 0.785. The molecule has 0 unspecified atom stereocenters. The van der Waals surface area contributed by atoms with Crippen molar-refractivity contribution in [3.8, 4) is 67.5 Å². The Morgan fingerprint density at radius 3 is 1.11 bits per heavy atom. The molecule has 0 saturated carbocycles. The van der Waals surface area contributed by atoms with Crippen LogP contribution in [0.1, 0.15) is 0 Å². The molecule has 2 nitrogen and oxygen atoms in total. The summed E-state index contributed by atoms with van der Waals surface area (Å²) in [4.78, 5) is 0. The van der Waals surface area contributed by atoms with Crippen LogP contribution in [0, 0.1) is 0 Å². The lowest BCUT2D eigenvalue weighted by molar-refractivity contribution is 0.472. The van der Waals surface area contributed by atoms with Crippen molar-refractivity contribution in [3.63, 3.8) is 0 Å². The highest BCUT2D eigenvalue weighted by Crippen LogP contribution is 2.48. The molecule has 0 radical (unpaired) electrons. The van der Waals surface area contributed by atoms with Crippen molar-refractivity contribution in [1.82, 2.24) is 0 Å². The summed E-state index contributed by atoms with van der Waals surface area (Å²) in [5, 5.41) is 0. The number of hydrogen-bond donors (Lipinski definition) is 0. The van der Waals surface area contributed by atoms with Crippen molar-refractivity contribution in [2.24, 2.45) is 0 Å². The lowest BCUT2D eigenvalue weighted by Gasteiger charge is -2.22. The SMILES string of the molecule is c1ccc(-c2ccc3c(c2)Oc2cc(-c4ccccc4)ccc2-c2ccccc2Oc2ccccc2-3)cc1. The molecule has 0 saturated heterocycles. The number of benzene rings is 6. The van der Waals surface area contributed by atoms with Crippen molar-refractivity contribution in [3.05, 3.63) is 146 Å². The zero-order chi connectivity index (χ0) is 25.3. The highest BCUT2D eigenvalue weighted by Gasteiger charge is 2.21. The molecule has 1 heterocycles. The van der Waals surface area contributed by atoms with Crippen LogP contribution in [0.4, 0.5) is 0 Å². The van der Waals surface area contributed by atoms with Crippen LogP contribution in [0.15, 0.2) is 146 Å². The summed E-state index contributed by atoms with van der Waals surface area (Å²) in [5.41, 5.74) is 8.42. The molecular weight excluding hydrogens is 464 g/mol. The van der Waals surface area contributed by atoms with Crippen LogP contribution >= 0.6 is 0 Å². The molecule has 6 aromatic carbocycles. The van der Waals surface area contributed by atoms with Crippen molar-refractivity contribution in [2.45, 2.75) is 0 Å². The Labute approximate surface area is 222 Å². The molecule has 7 rings (SSSR count). The highest BCUT2D eigenvalue weighted by molar-refractivity contribution is 5.85. The molecular formula is C36H24O2. The van der Waals surface area contributed by atoms with Crippen molar-refractivity contribution < 1.29 is 9.47 Å². The first-order chi connectivity index (χ1) is 18.8. The summed E-state index contributed by atoms with van der Waals surface area (Å²) in [6.07, 6.45) is 0. The van der Waals surface area contributed by atoms with Gasteiger partial charge in [-0.3, -0.25) is 0 Å². The van der Waals surface area contributed by atoms with Gasteiger partial charge in [0.05, 0.1) is 0 Å². The molecule has 38 heavy (non-hydrogen) atoms. The molecule has 180 valence electrons. The third-order valence-corrected chi connectivity index (χ3v) is 6.97. The zero-order valence-corrected chi connectivity index (χ0v) is 20.7. The normalized spacial score (nSPS) is 11.6. The van der Waals surface area contributed by atoms with Crippen LogP contribution in [0.2, 0.25) is 0 Å². The third-order valence-electron chi connectivity index (χ3n) is 6.97. The largest absolute Gasteiger partial charge is 0.456 e. The molecule has 6 aromatic rings. The van der Waals surface area contributed by atoms with Crippen LogP contribution in [-0.2, 0) is 0 Å². The fourth-order valence-corrected chi connectivity index (χ4v) is 5.07. The molecule has 0 atom stereocenters. The van der Waals surface area contributed by atoms with Crippen LogP contribution in [-0.4, -0.2) is 0 Å². The summed E-state index contributed by atoms with van der Waals surface area (Å²) in [5.74, 6) is 3.16. The van der Waals surface area contributed by atoms with E-state index < -0.39 is 0 Å². The predicted octanol–water partition coefficient (Wildman–Crippen LogP) is 10.3. The first kappa shape index (κ1) is 22.1. The Morgan fingerprint density at radius 2 is 0.632 bits per heavy atom. The second-order valence-electron chi connectivity index (χ2n) is 9.35. The smallest absolute Gasteiger partial charge is 0.136 e. The number of fused-ring (bicyclic) bond motifs is 6. The molecule has 0 N–H and O–H groups in total. The summed E-state index contributed by atoms with van der Waals surface area (Å²) < 4.78 is 13.5. The molecule has 0 aliphatic carbocycles. The number of para-hydroxylation sites is 2. The molecule has 1 aliphatic heterocycles. The Kier molecular flexibility index (Phi) is 5.49. The van der Waals surface area contributed by atoms with Gasteiger partial charge >= 0.3 is 0 Å². The first-order valence-electron chi connectivity index (χ1n) is 12.8. The topological polar surface area (TPSA) is 18.5 Å². The van der Waals surface area contributed by atoms with Gasteiger partial charge in [0.2, 0.25) is 0 Å². The average Bonchev–Trinajstić information content (AvgIpc) is 2.99. The third kappa shape index (κ3) is 4.03. The monoisotopic (exact) mass is 488 g/mol. The molecule has 0 amide bonds. The lowest BCUT2D eigenvalue weighted by atomic mass is 9.96. The molecule has 2 heteroatoms. The van der Waals surface area contributed by atoms with Gasteiger partial charge in [0.15, 0.2) is 0 Å². The van der Waals surface area contributed by atoms with E-state index in [0.717, 1.165) is 67.5 Å². The van der Waals surface area contributed by atoms with Crippen LogP contribution in [0.25, 0.3) is 44.5 Å². The van der Waals surface area contributed by atoms with Gasteiger partial charge in [-0.1, -0.05) is 109 Å². The van der Waals surface area contributed by atoms with Gasteiger partial charge < -0.3 is 9.47 Å². The number of ether oxygens (including phenoxy) is 2. The standard InChI is InChI=1S/C36H24O2/c1-3-11-25(12-4-1)27-19-21-31-29-15-7-9-17-33(29)37-34-18-10-8-16-30(34)32-22-20-28(26-13-5-2-6-14-26)24-36(32)38-35(31)23-27/h1-24H. The van der Waals surface area contributed by atoms with Gasteiger partial charge in [-0.2, -0.15) is 0 Å². The van der Waals surface area contributed by atoms with E-state index in [0.29, 0.717) is 0 Å². The second-order valence-corrected chi connectivity index (χ2v) is 9.35. The van der Waals surface area contributed by atoms with Gasteiger partial charge in [-0.05, 0) is 58.7 Å². The van der Waals surface area contributed by atoms with Gasteiger partial charge in [0.1, 0.15) is 23.0 Å². The fourth-order valence-electron chi connectivity index (χ4n) is 5.07. The van der Waals surface area contributed by atoms with E-state index in [4.69, 9.17) is 9.47 Å². The van der Waals surface area contributed by atoms with Crippen LogP contribution in [0.3, 0.4) is 0 Å². The quantitative estimate of drug-likeness (QED) is 0.241. The van der Waals surface area contributed by atoms with E-state index in [1.165, 1.54) is 0 Å². The zero-order valence-electron chi connectivity index (χ0n) is 20.7. The summed E-state index contributed by atoms with van der Waals surface area (Å²) in [6, 6.07) is 49.9. The Morgan fingerprint density at radius 1 is 0.263 bits per heavy atom. The Balaban J connectivity index is 1.49. The van der Waals surface area contributed by atoms with E-state index in [-0.39, 0.29) is 0 Å². The van der Waals surface area contributed by atoms with E-state index in [1.54, 1.807) is 0 Å². The Bertz CT molecular complexity index is 1620. The maximum Gasteiger partial charge on any atom is 0.136 e. The summed E-state index contributed by atoms with van der Waals surface area (Å²) in [7, 11) is 0. The molecule has 0 bridgehead atoms. The molecule has 1 aliphatic rings. The van der Waals surface area contributed by atoms with Gasteiger partial charge in [0.25, 0.3) is 0 Å². The second kappa shape index (κ2) is 9.42. The minimum atomic E-state index is 0.785. The predicted molar refractivity (Wildman–Crippen MR) is 155 cm³/mol. The van der Waals surface area contributed by atoms with E-state index in [9.17, 15) is 0 Å². The highest BCUT2D eigenvalue weighted by atomic mass is 16.5. The maximum atomic E-state index is 6.90. The minimum Gasteiger partial charge on any atom is -0.456 e.